The highest BCUT2D eigenvalue weighted by molar-refractivity contribution is 6.30. The Balaban J connectivity index is 1.72. The molecule has 3 amide bonds. The Bertz CT molecular complexity index is 778. The lowest BCUT2D eigenvalue weighted by Gasteiger charge is -2.32. The predicted octanol–water partition coefficient (Wildman–Crippen LogP) is 3.14. The van der Waals surface area contributed by atoms with Crippen LogP contribution in [0.15, 0.2) is 48.5 Å². The van der Waals surface area contributed by atoms with E-state index in [0.29, 0.717) is 17.3 Å². The lowest BCUT2D eigenvalue weighted by molar-refractivity contribution is -0.124. The number of hydrogen-bond donors (Lipinski definition) is 3. The number of benzene rings is 2. The lowest BCUT2D eigenvalue weighted by Crippen LogP contribution is -2.55. The average Bonchev–Trinajstić information content (AvgIpc) is 2.65. The van der Waals surface area contributed by atoms with Gasteiger partial charge in [0.15, 0.2) is 0 Å². The Hall–Kier alpha value is -2.73. The first-order valence-corrected chi connectivity index (χ1v) is 8.69. The van der Waals surface area contributed by atoms with Crippen LogP contribution in [0.3, 0.4) is 0 Å². The number of anilines is 1. The second-order valence-corrected chi connectivity index (χ2v) is 6.48. The number of piperidine rings is 1. The van der Waals surface area contributed by atoms with Crippen molar-refractivity contribution in [2.45, 2.75) is 18.4 Å². The van der Waals surface area contributed by atoms with Crippen LogP contribution < -0.4 is 20.7 Å². The molecule has 1 fully saturated rings. The molecule has 3 rings (SSSR count). The standard InChI is InChI=1S/C19H20ClN3O3/c1-26-15-8-2-12(3-9-15)16-10-11-21-18(24)17(16)23-19(25)22-14-6-4-13(20)5-7-14/h2-9,16-17H,10-11H2,1H3,(H,21,24)(H2,22,23,25). The molecule has 1 aliphatic rings. The van der Waals surface area contributed by atoms with Gasteiger partial charge in [0, 0.05) is 23.2 Å². The van der Waals surface area contributed by atoms with Crippen LogP contribution in [0, 0.1) is 0 Å². The second-order valence-electron chi connectivity index (χ2n) is 6.04. The minimum absolute atomic E-state index is 0.106. The summed E-state index contributed by atoms with van der Waals surface area (Å²) in [7, 11) is 1.61. The Labute approximate surface area is 156 Å². The van der Waals surface area contributed by atoms with Gasteiger partial charge in [0.2, 0.25) is 5.91 Å². The molecule has 2 aromatic rings. The molecule has 3 N–H and O–H groups in total. The molecule has 2 unspecified atom stereocenters. The summed E-state index contributed by atoms with van der Waals surface area (Å²) in [6.07, 6.45) is 0.740. The predicted molar refractivity (Wildman–Crippen MR) is 101 cm³/mol. The quantitative estimate of drug-likeness (QED) is 0.770. The maximum absolute atomic E-state index is 12.3. The smallest absolute Gasteiger partial charge is 0.319 e. The van der Waals surface area contributed by atoms with Crippen molar-refractivity contribution in [2.75, 3.05) is 19.0 Å². The van der Waals surface area contributed by atoms with Crippen molar-refractivity contribution < 1.29 is 14.3 Å². The van der Waals surface area contributed by atoms with Gasteiger partial charge < -0.3 is 20.7 Å². The van der Waals surface area contributed by atoms with Gasteiger partial charge in [-0.1, -0.05) is 23.7 Å². The van der Waals surface area contributed by atoms with Crippen LogP contribution in [-0.2, 0) is 4.79 Å². The number of carbonyl (C=O) groups excluding carboxylic acids is 2. The Morgan fingerprint density at radius 3 is 2.50 bits per heavy atom. The number of rotatable bonds is 4. The van der Waals surface area contributed by atoms with E-state index in [-0.39, 0.29) is 11.8 Å². The molecule has 1 saturated heterocycles. The maximum atomic E-state index is 12.3. The number of halogens is 1. The van der Waals surface area contributed by atoms with Gasteiger partial charge in [-0.05, 0) is 48.4 Å². The van der Waals surface area contributed by atoms with Crippen molar-refractivity contribution in [2.24, 2.45) is 0 Å². The third-order valence-corrected chi connectivity index (χ3v) is 4.62. The highest BCUT2D eigenvalue weighted by Crippen LogP contribution is 2.28. The zero-order valence-electron chi connectivity index (χ0n) is 14.3. The zero-order valence-corrected chi connectivity index (χ0v) is 15.0. The first-order chi connectivity index (χ1) is 12.6. The minimum Gasteiger partial charge on any atom is -0.497 e. The van der Waals surface area contributed by atoms with E-state index in [9.17, 15) is 9.59 Å². The second kappa shape index (κ2) is 8.10. The van der Waals surface area contributed by atoms with Crippen LogP contribution in [0.25, 0.3) is 0 Å². The van der Waals surface area contributed by atoms with Crippen molar-refractivity contribution in [1.29, 1.82) is 0 Å². The van der Waals surface area contributed by atoms with E-state index in [0.717, 1.165) is 17.7 Å². The summed E-state index contributed by atoms with van der Waals surface area (Å²) in [5.74, 6) is 0.452. The fourth-order valence-electron chi connectivity index (χ4n) is 3.03. The topological polar surface area (TPSA) is 79.5 Å². The van der Waals surface area contributed by atoms with E-state index < -0.39 is 12.1 Å². The van der Waals surface area contributed by atoms with E-state index in [1.807, 2.05) is 24.3 Å². The molecular formula is C19H20ClN3O3. The molecule has 26 heavy (non-hydrogen) atoms. The normalized spacial score (nSPS) is 19.4. The average molecular weight is 374 g/mol. The van der Waals surface area contributed by atoms with Crippen LogP contribution in [-0.4, -0.2) is 31.6 Å². The summed E-state index contributed by atoms with van der Waals surface area (Å²) in [5, 5.41) is 8.89. The number of amides is 3. The van der Waals surface area contributed by atoms with Gasteiger partial charge in [0.05, 0.1) is 7.11 Å². The van der Waals surface area contributed by atoms with E-state index in [1.165, 1.54) is 0 Å². The van der Waals surface area contributed by atoms with Crippen molar-refractivity contribution >= 4 is 29.2 Å². The SMILES string of the molecule is COc1ccc(C2CCNC(=O)C2NC(=O)Nc2ccc(Cl)cc2)cc1. The molecule has 136 valence electrons. The van der Waals surface area contributed by atoms with Crippen LogP contribution in [0.4, 0.5) is 10.5 Å². The molecule has 1 heterocycles. The van der Waals surface area contributed by atoms with Crippen LogP contribution in [0.2, 0.25) is 5.02 Å². The number of nitrogens with one attached hydrogen (secondary N) is 3. The highest BCUT2D eigenvalue weighted by Gasteiger charge is 2.34. The molecule has 2 atom stereocenters. The van der Waals surface area contributed by atoms with E-state index >= 15 is 0 Å². The summed E-state index contributed by atoms with van der Waals surface area (Å²) in [6.45, 7) is 0.576. The summed E-state index contributed by atoms with van der Waals surface area (Å²) in [5.41, 5.74) is 1.58. The molecule has 0 spiro atoms. The number of carbonyl (C=O) groups is 2. The largest absolute Gasteiger partial charge is 0.497 e. The molecule has 0 aromatic heterocycles. The third-order valence-electron chi connectivity index (χ3n) is 4.37. The maximum Gasteiger partial charge on any atom is 0.319 e. The molecule has 1 aliphatic heterocycles. The minimum atomic E-state index is -0.649. The van der Waals surface area contributed by atoms with Crippen LogP contribution in [0.1, 0.15) is 17.9 Å². The fourth-order valence-corrected chi connectivity index (χ4v) is 3.15. The van der Waals surface area contributed by atoms with Crippen LogP contribution >= 0.6 is 11.6 Å². The molecule has 6 nitrogen and oxygen atoms in total. The fraction of sp³-hybridized carbons (Fsp3) is 0.263. The number of hydrogen-bond acceptors (Lipinski definition) is 3. The van der Waals surface area contributed by atoms with Gasteiger partial charge in [-0.25, -0.2) is 4.79 Å². The van der Waals surface area contributed by atoms with Gasteiger partial charge in [-0.2, -0.15) is 0 Å². The van der Waals surface area contributed by atoms with Gasteiger partial charge in [0.1, 0.15) is 11.8 Å². The van der Waals surface area contributed by atoms with Gasteiger partial charge in [0.25, 0.3) is 0 Å². The Morgan fingerprint density at radius 1 is 1.15 bits per heavy atom. The summed E-state index contributed by atoms with van der Waals surface area (Å²) in [6, 6.07) is 13.2. The van der Waals surface area contributed by atoms with Gasteiger partial charge in [-0.15, -0.1) is 0 Å². The summed E-state index contributed by atoms with van der Waals surface area (Å²) < 4.78 is 5.18. The van der Waals surface area contributed by atoms with Crippen molar-refractivity contribution in [3.63, 3.8) is 0 Å². The highest BCUT2D eigenvalue weighted by atomic mass is 35.5. The van der Waals surface area contributed by atoms with Crippen LogP contribution in [0.5, 0.6) is 5.75 Å². The molecule has 0 radical (unpaired) electrons. The van der Waals surface area contributed by atoms with Crippen molar-refractivity contribution in [3.05, 3.63) is 59.1 Å². The van der Waals surface area contributed by atoms with Gasteiger partial charge >= 0.3 is 6.03 Å². The Morgan fingerprint density at radius 2 is 1.85 bits per heavy atom. The van der Waals surface area contributed by atoms with Gasteiger partial charge in [-0.3, -0.25) is 4.79 Å². The first-order valence-electron chi connectivity index (χ1n) is 8.31. The third kappa shape index (κ3) is 4.26. The molecule has 7 heteroatoms. The summed E-state index contributed by atoms with van der Waals surface area (Å²) in [4.78, 5) is 24.7. The van der Waals surface area contributed by atoms with Crippen molar-refractivity contribution in [1.82, 2.24) is 10.6 Å². The lowest BCUT2D eigenvalue weighted by atomic mass is 9.85. The van der Waals surface area contributed by atoms with Crippen molar-refractivity contribution in [3.8, 4) is 5.75 Å². The van der Waals surface area contributed by atoms with E-state index in [2.05, 4.69) is 16.0 Å². The first kappa shape index (κ1) is 18.1. The number of ether oxygens (including phenoxy) is 1. The number of urea groups is 1. The molecule has 0 saturated carbocycles. The molecule has 0 aliphatic carbocycles. The molecular weight excluding hydrogens is 354 g/mol. The molecule has 0 bridgehead atoms. The van der Waals surface area contributed by atoms with E-state index in [4.69, 9.17) is 16.3 Å². The summed E-state index contributed by atoms with van der Waals surface area (Å²) >= 11 is 5.84. The number of methoxy groups -OCH3 is 1. The zero-order chi connectivity index (χ0) is 18.5. The van der Waals surface area contributed by atoms with E-state index in [1.54, 1.807) is 31.4 Å². The Kier molecular flexibility index (Phi) is 5.63. The monoisotopic (exact) mass is 373 g/mol. The molecule has 2 aromatic carbocycles.